The fourth-order valence-corrected chi connectivity index (χ4v) is 3.02. The summed E-state index contributed by atoms with van der Waals surface area (Å²) in [5.41, 5.74) is 2.49. The highest BCUT2D eigenvalue weighted by atomic mass is 35.5. The number of benzene rings is 1. The number of hydrogen-bond acceptors (Lipinski definition) is 4. The number of aromatic nitrogens is 3. The second kappa shape index (κ2) is 6.78. The zero-order chi connectivity index (χ0) is 16.4. The fourth-order valence-electron chi connectivity index (χ4n) is 1.94. The minimum absolute atomic E-state index is 0.194. The number of pyridine rings is 1. The molecule has 0 saturated heterocycles. The summed E-state index contributed by atoms with van der Waals surface area (Å²) in [6, 6.07) is 7.70. The van der Waals surface area contributed by atoms with Gasteiger partial charge in [-0.15, -0.1) is 0 Å². The van der Waals surface area contributed by atoms with Crippen molar-refractivity contribution >= 4 is 57.7 Å². The number of halogens is 2. The number of anilines is 1. The van der Waals surface area contributed by atoms with Crippen molar-refractivity contribution < 1.29 is 4.79 Å². The van der Waals surface area contributed by atoms with Gasteiger partial charge in [-0.1, -0.05) is 47.1 Å². The molecule has 0 unspecified atom stereocenters. The maximum atomic E-state index is 12.0. The summed E-state index contributed by atoms with van der Waals surface area (Å²) >= 11 is 13.4. The number of thioether (sulfide) groups is 1. The van der Waals surface area contributed by atoms with Gasteiger partial charge in [-0.05, 0) is 24.6 Å². The maximum absolute atomic E-state index is 12.0. The van der Waals surface area contributed by atoms with Gasteiger partial charge in [0, 0.05) is 6.20 Å². The van der Waals surface area contributed by atoms with E-state index in [1.54, 1.807) is 6.92 Å². The maximum Gasteiger partial charge on any atom is 0.236 e. The molecule has 0 saturated carbocycles. The molecule has 8 heteroatoms. The molecule has 1 amide bonds. The van der Waals surface area contributed by atoms with Crippen LogP contribution in [0.1, 0.15) is 5.56 Å². The number of H-pyrrole nitrogens is 1. The molecule has 0 radical (unpaired) electrons. The second-order valence-electron chi connectivity index (χ2n) is 4.79. The number of para-hydroxylation sites is 2. The molecule has 2 heterocycles. The summed E-state index contributed by atoms with van der Waals surface area (Å²) in [5, 5.41) is 4.18. The van der Waals surface area contributed by atoms with Crippen LogP contribution in [-0.2, 0) is 4.79 Å². The van der Waals surface area contributed by atoms with Crippen molar-refractivity contribution in [3.05, 3.63) is 46.1 Å². The van der Waals surface area contributed by atoms with Crippen LogP contribution in [0.25, 0.3) is 11.0 Å². The van der Waals surface area contributed by atoms with Crippen molar-refractivity contribution in [2.24, 2.45) is 0 Å². The van der Waals surface area contributed by atoms with E-state index in [1.807, 2.05) is 24.3 Å². The zero-order valence-electron chi connectivity index (χ0n) is 12.1. The van der Waals surface area contributed by atoms with E-state index in [0.29, 0.717) is 26.6 Å². The monoisotopic (exact) mass is 366 g/mol. The Morgan fingerprint density at radius 1 is 1.35 bits per heavy atom. The lowest BCUT2D eigenvalue weighted by Gasteiger charge is -2.08. The Morgan fingerprint density at radius 3 is 2.91 bits per heavy atom. The number of carbonyl (C=O) groups is 1. The number of aromatic amines is 1. The van der Waals surface area contributed by atoms with E-state index in [1.165, 1.54) is 18.0 Å². The lowest BCUT2D eigenvalue weighted by Crippen LogP contribution is -2.15. The van der Waals surface area contributed by atoms with Gasteiger partial charge < -0.3 is 10.3 Å². The standard InChI is InChI=1S/C15H12Cl2N4OS/c1-8-9(16)6-18-14(13(8)17)21-12(22)7-23-15-19-10-4-2-3-5-11(10)20-15/h2-6H,7H2,1H3,(H,19,20)(H,18,21,22). The molecule has 23 heavy (non-hydrogen) atoms. The van der Waals surface area contributed by atoms with E-state index in [2.05, 4.69) is 20.3 Å². The summed E-state index contributed by atoms with van der Waals surface area (Å²) in [6.45, 7) is 1.77. The highest BCUT2D eigenvalue weighted by Crippen LogP contribution is 2.28. The van der Waals surface area contributed by atoms with Crippen molar-refractivity contribution in [2.45, 2.75) is 12.1 Å². The second-order valence-corrected chi connectivity index (χ2v) is 6.54. The Kier molecular flexibility index (Phi) is 4.75. The third-order valence-corrected chi connectivity index (χ3v) is 4.88. The minimum atomic E-state index is -0.216. The van der Waals surface area contributed by atoms with E-state index >= 15 is 0 Å². The van der Waals surface area contributed by atoms with Crippen LogP contribution in [0.5, 0.6) is 0 Å². The molecule has 5 nitrogen and oxygen atoms in total. The number of hydrogen-bond donors (Lipinski definition) is 2. The van der Waals surface area contributed by atoms with Crippen molar-refractivity contribution in [2.75, 3.05) is 11.1 Å². The molecule has 2 N–H and O–H groups in total. The molecule has 0 aliphatic rings. The van der Waals surface area contributed by atoms with Crippen molar-refractivity contribution in [1.29, 1.82) is 0 Å². The summed E-state index contributed by atoms with van der Waals surface area (Å²) in [6.07, 6.45) is 1.46. The van der Waals surface area contributed by atoms with Gasteiger partial charge in [0.15, 0.2) is 11.0 Å². The van der Waals surface area contributed by atoms with E-state index in [0.717, 1.165) is 11.0 Å². The molecule has 0 aliphatic heterocycles. The normalized spacial score (nSPS) is 10.9. The van der Waals surface area contributed by atoms with Gasteiger partial charge in [-0.25, -0.2) is 9.97 Å². The number of nitrogens with zero attached hydrogens (tertiary/aromatic N) is 2. The predicted octanol–water partition coefficient (Wildman–Crippen LogP) is 4.30. The first kappa shape index (κ1) is 16.1. The SMILES string of the molecule is Cc1c(Cl)cnc(NC(=O)CSc2nc3ccccc3[nH]2)c1Cl. The average Bonchev–Trinajstić information content (AvgIpc) is 2.96. The van der Waals surface area contributed by atoms with Gasteiger partial charge in [0.05, 0.1) is 26.8 Å². The van der Waals surface area contributed by atoms with E-state index in [-0.39, 0.29) is 11.7 Å². The topological polar surface area (TPSA) is 70.7 Å². The van der Waals surface area contributed by atoms with Crippen molar-refractivity contribution in [3.63, 3.8) is 0 Å². The Balaban J connectivity index is 1.64. The summed E-state index contributed by atoms with van der Waals surface area (Å²) in [5.74, 6) is 0.287. The van der Waals surface area contributed by atoms with Crippen LogP contribution in [-0.4, -0.2) is 26.6 Å². The molecular weight excluding hydrogens is 355 g/mol. The van der Waals surface area contributed by atoms with Crippen LogP contribution in [0.4, 0.5) is 5.82 Å². The fraction of sp³-hybridized carbons (Fsp3) is 0.133. The van der Waals surface area contributed by atoms with Crippen LogP contribution in [0, 0.1) is 6.92 Å². The smallest absolute Gasteiger partial charge is 0.236 e. The number of nitrogens with one attached hydrogen (secondary N) is 2. The van der Waals surface area contributed by atoms with Crippen LogP contribution in [0.15, 0.2) is 35.6 Å². The molecule has 3 rings (SSSR count). The minimum Gasteiger partial charge on any atom is -0.333 e. The van der Waals surface area contributed by atoms with Gasteiger partial charge in [0.25, 0.3) is 0 Å². The molecule has 0 bridgehead atoms. The molecule has 0 fully saturated rings. The van der Waals surface area contributed by atoms with E-state index in [4.69, 9.17) is 23.2 Å². The van der Waals surface area contributed by atoms with Crippen LogP contribution < -0.4 is 5.32 Å². The molecule has 1 aromatic carbocycles. The summed E-state index contributed by atoms with van der Waals surface area (Å²) in [4.78, 5) is 23.6. The quantitative estimate of drug-likeness (QED) is 0.675. The summed E-state index contributed by atoms with van der Waals surface area (Å²) in [7, 11) is 0. The van der Waals surface area contributed by atoms with Crippen molar-refractivity contribution in [1.82, 2.24) is 15.0 Å². The predicted molar refractivity (Wildman–Crippen MR) is 94.4 cm³/mol. The lowest BCUT2D eigenvalue weighted by atomic mass is 10.3. The lowest BCUT2D eigenvalue weighted by molar-refractivity contribution is -0.113. The third kappa shape index (κ3) is 3.60. The first-order valence-corrected chi connectivity index (χ1v) is 8.47. The van der Waals surface area contributed by atoms with E-state index in [9.17, 15) is 4.79 Å². The largest absolute Gasteiger partial charge is 0.333 e. The zero-order valence-corrected chi connectivity index (χ0v) is 14.4. The van der Waals surface area contributed by atoms with Gasteiger partial charge in [-0.3, -0.25) is 4.79 Å². The highest BCUT2D eigenvalue weighted by molar-refractivity contribution is 7.99. The number of rotatable bonds is 4. The molecule has 3 aromatic rings. The summed E-state index contributed by atoms with van der Waals surface area (Å²) < 4.78 is 0. The van der Waals surface area contributed by atoms with Crippen LogP contribution in [0.2, 0.25) is 10.0 Å². The molecule has 0 atom stereocenters. The molecule has 118 valence electrons. The first-order chi connectivity index (χ1) is 11.0. The Morgan fingerprint density at radius 2 is 2.13 bits per heavy atom. The average molecular weight is 367 g/mol. The highest BCUT2D eigenvalue weighted by Gasteiger charge is 2.12. The Hall–Kier alpha value is -1.76. The van der Waals surface area contributed by atoms with Gasteiger partial charge >= 0.3 is 0 Å². The van der Waals surface area contributed by atoms with Crippen LogP contribution in [0.3, 0.4) is 0 Å². The van der Waals surface area contributed by atoms with Gasteiger partial charge in [0.1, 0.15) is 0 Å². The number of imidazole rings is 1. The third-order valence-electron chi connectivity index (χ3n) is 3.17. The molecular formula is C15H12Cl2N4OS. The van der Waals surface area contributed by atoms with E-state index < -0.39 is 0 Å². The number of carbonyl (C=O) groups excluding carboxylic acids is 1. The number of amides is 1. The van der Waals surface area contributed by atoms with Gasteiger partial charge in [-0.2, -0.15) is 0 Å². The van der Waals surface area contributed by atoms with Crippen molar-refractivity contribution in [3.8, 4) is 0 Å². The molecule has 2 aromatic heterocycles. The van der Waals surface area contributed by atoms with Gasteiger partial charge in [0.2, 0.25) is 5.91 Å². The molecule has 0 aliphatic carbocycles. The molecule has 0 spiro atoms. The Bertz CT molecular complexity index is 848. The number of fused-ring (bicyclic) bond motifs is 1. The first-order valence-electron chi connectivity index (χ1n) is 6.72. The Labute approximate surface area is 146 Å². The van der Waals surface area contributed by atoms with Crippen LogP contribution >= 0.6 is 35.0 Å².